The van der Waals surface area contributed by atoms with Crippen molar-refractivity contribution in [2.24, 2.45) is 4.99 Å². The van der Waals surface area contributed by atoms with Crippen LogP contribution in [0.1, 0.15) is 48.0 Å². The van der Waals surface area contributed by atoms with E-state index in [-0.39, 0.29) is 0 Å². The molecular weight excluding hydrogens is 134 g/mol. The van der Waals surface area contributed by atoms with Gasteiger partial charge in [-0.1, -0.05) is 47.6 Å². The maximum Gasteiger partial charge on any atom is 0.0227 e. The zero-order valence-corrected chi connectivity index (χ0v) is 8.89. The van der Waals surface area contributed by atoms with Crippen LogP contribution in [0.5, 0.6) is 0 Å². The minimum atomic E-state index is 1.03. The summed E-state index contributed by atoms with van der Waals surface area (Å²) in [5.41, 5.74) is 0. The van der Waals surface area contributed by atoms with Gasteiger partial charge in [-0.05, 0) is 0 Å². The van der Waals surface area contributed by atoms with Gasteiger partial charge in [0.1, 0.15) is 0 Å². The molecule has 0 amide bonds. The van der Waals surface area contributed by atoms with Crippen molar-refractivity contribution in [2.45, 2.75) is 48.0 Å². The number of allylic oxidation sites excluding steroid dienone is 1. The van der Waals surface area contributed by atoms with Crippen molar-refractivity contribution in [1.82, 2.24) is 0 Å². The lowest BCUT2D eigenvalue weighted by Crippen LogP contribution is -1.51. The van der Waals surface area contributed by atoms with Crippen molar-refractivity contribution in [3.63, 3.8) is 0 Å². The average Bonchev–Trinajstić information content (AvgIpc) is 2.71. The summed E-state index contributed by atoms with van der Waals surface area (Å²) in [5.74, 6) is 0. The number of nitrogens with zero attached hydrogens (tertiary/aromatic N) is 1. The summed E-state index contributed by atoms with van der Waals surface area (Å²) in [6.07, 6.45) is 6.72. The quantitative estimate of drug-likeness (QED) is 0.503. The fourth-order valence-electron chi connectivity index (χ4n) is 0.304. The smallest absolute Gasteiger partial charge is 0.0227 e. The highest BCUT2D eigenvalue weighted by Crippen LogP contribution is 1.86. The normalized spacial score (nSPS) is 9.64. The summed E-state index contributed by atoms with van der Waals surface area (Å²) >= 11 is 0. The average molecular weight is 157 g/mol. The molecule has 0 bridgehead atoms. The molecule has 0 radical (unpaired) electrons. The Morgan fingerprint density at radius 3 is 1.45 bits per heavy atom. The Labute approximate surface area is 72.2 Å². The first kappa shape index (κ1) is 16.8. The zero-order valence-electron chi connectivity index (χ0n) is 8.89. The molecule has 0 aromatic carbocycles. The van der Waals surface area contributed by atoms with Gasteiger partial charge in [-0.15, -0.1) is 0 Å². The Hall–Kier alpha value is -0.590. The third kappa shape index (κ3) is 26.6. The summed E-state index contributed by atoms with van der Waals surface area (Å²) in [6, 6.07) is 0. The van der Waals surface area contributed by atoms with E-state index in [2.05, 4.69) is 4.99 Å². The zero-order chi connectivity index (χ0) is 9.54. The first-order valence-corrected chi connectivity index (χ1v) is 4.67. The van der Waals surface area contributed by atoms with E-state index < -0.39 is 0 Å². The van der Waals surface area contributed by atoms with E-state index in [0.29, 0.717) is 0 Å². The maximum absolute atomic E-state index is 3.78. The van der Waals surface area contributed by atoms with Crippen molar-refractivity contribution in [2.75, 3.05) is 0 Å². The number of rotatable bonds is 0. The molecule has 1 nitrogen and oxygen atoms in total. The third-order valence-electron chi connectivity index (χ3n) is 0.538. The van der Waals surface area contributed by atoms with Gasteiger partial charge in [0.15, 0.2) is 0 Å². The van der Waals surface area contributed by atoms with Gasteiger partial charge in [0.25, 0.3) is 0 Å². The second-order valence-electron chi connectivity index (χ2n) is 0.952. The van der Waals surface area contributed by atoms with Crippen LogP contribution in [0.15, 0.2) is 17.3 Å². The van der Waals surface area contributed by atoms with Gasteiger partial charge in [-0.3, -0.25) is 4.99 Å². The second-order valence-corrected chi connectivity index (χ2v) is 0.952. The molecule has 1 heterocycles. The fraction of sp³-hybridized carbons (Fsp3) is 0.700. The van der Waals surface area contributed by atoms with Crippen LogP contribution in [0.2, 0.25) is 0 Å². The Morgan fingerprint density at radius 2 is 1.36 bits per heavy atom. The van der Waals surface area contributed by atoms with Crippen molar-refractivity contribution < 1.29 is 0 Å². The lowest BCUT2D eigenvalue weighted by molar-refractivity contribution is 1.50. The fourth-order valence-corrected chi connectivity index (χ4v) is 0.304. The van der Waals surface area contributed by atoms with E-state index >= 15 is 0 Å². The van der Waals surface area contributed by atoms with E-state index in [9.17, 15) is 0 Å². The molecule has 0 aromatic rings. The molecule has 1 heteroatoms. The molecule has 0 spiro atoms. The number of hydrogen-bond donors (Lipinski definition) is 0. The van der Waals surface area contributed by atoms with Crippen LogP contribution in [-0.2, 0) is 0 Å². The van der Waals surface area contributed by atoms with Crippen LogP contribution in [0, 0.1) is 0 Å². The summed E-state index contributed by atoms with van der Waals surface area (Å²) in [7, 11) is 0. The largest absolute Gasteiger partial charge is 0.269 e. The molecule has 0 unspecified atom stereocenters. The van der Waals surface area contributed by atoms with E-state index in [1.54, 1.807) is 6.20 Å². The van der Waals surface area contributed by atoms with Gasteiger partial charge in [-0.2, -0.15) is 0 Å². The van der Waals surface area contributed by atoms with Crippen molar-refractivity contribution in [1.29, 1.82) is 0 Å². The van der Waals surface area contributed by atoms with E-state index in [4.69, 9.17) is 0 Å². The van der Waals surface area contributed by atoms with Gasteiger partial charge in [0.05, 0.1) is 0 Å². The Balaban J connectivity index is -0.0000000933. The third-order valence-corrected chi connectivity index (χ3v) is 0.538. The summed E-state index contributed by atoms with van der Waals surface area (Å²) in [5, 5.41) is 0. The van der Waals surface area contributed by atoms with Crippen LogP contribution < -0.4 is 0 Å². The Bertz CT molecular complexity index is 62.9. The van der Waals surface area contributed by atoms with Gasteiger partial charge in [0.2, 0.25) is 0 Å². The molecule has 68 valence electrons. The van der Waals surface area contributed by atoms with Crippen LogP contribution in [0.25, 0.3) is 0 Å². The lowest BCUT2D eigenvalue weighted by Gasteiger charge is -1.54. The van der Waals surface area contributed by atoms with Crippen LogP contribution in [0.3, 0.4) is 0 Å². The van der Waals surface area contributed by atoms with Crippen molar-refractivity contribution in [3.8, 4) is 0 Å². The van der Waals surface area contributed by atoms with E-state index in [1.165, 1.54) is 0 Å². The summed E-state index contributed by atoms with van der Waals surface area (Å²) in [4.78, 5) is 3.78. The first-order chi connectivity index (χ1) is 5.50. The molecule has 1 aliphatic rings. The van der Waals surface area contributed by atoms with Crippen LogP contribution in [0.4, 0.5) is 0 Å². The molecule has 0 atom stereocenters. The van der Waals surface area contributed by atoms with Crippen LogP contribution in [-0.4, -0.2) is 6.21 Å². The van der Waals surface area contributed by atoms with Gasteiger partial charge >= 0.3 is 0 Å². The molecule has 0 fully saturated rings. The first-order valence-electron chi connectivity index (χ1n) is 4.67. The number of aliphatic imine (C=N–C) groups is 1. The molecule has 0 aromatic heterocycles. The molecule has 1 rings (SSSR count). The summed E-state index contributed by atoms with van der Waals surface area (Å²) in [6.45, 7) is 12.0. The number of hydrogen-bond acceptors (Lipinski definition) is 1. The van der Waals surface area contributed by atoms with E-state index in [0.717, 1.165) is 6.42 Å². The topological polar surface area (TPSA) is 12.4 Å². The van der Waals surface area contributed by atoms with Crippen molar-refractivity contribution >= 4 is 6.21 Å². The molecule has 0 N–H and O–H groups in total. The highest BCUT2D eigenvalue weighted by Gasteiger charge is 1.73. The molecule has 0 aliphatic carbocycles. The monoisotopic (exact) mass is 157 g/mol. The minimum Gasteiger partial charge on any atom is -0.269 e. The van der Waals surface area contributed by atoms with Gasteiger partial charge < -0.3 is 0 Å². The predicted molar refractivity (Wildman–Crippen MR) is 56.3 cm³/mol. The second kappa shape index (κ2) is 34.2. The van der Waals surface area contributed by atoms with Gasteiger partial charge in [-0.25, -0.2) is 0 Å². The molecular formula is C10H23N. The highest BCUT2D eigenvalue weighted by atomic mass is 14.7. The van der Waals surface area contributed by atoms with Gasteiger partial charge in [0, 0.05) is 18.8 Å². The predicted octanol–water partition coefficient (Wildman–Crippen LogP) is 4.05. The van der Waals surface area contributed by atoms with E-state index in [1.807, 2.05) is 53.8 Å². The SMILES string of the molecule is C1=CN=CC1.CC.CC.CC. The minimum absolute atomic E-state index is 1.03. The van der Waals surface area contributed by atoms with Crippen molar-refractivity contribution in [3.05, 3.63) is 12.3 Å². The standard InChI is InChI=1S/C4H5N.3C2H6/c1-2-4-5-3-1;3*1-2/h1,3-4H,2H2;3*1-2H3. The lowest BCUT2D eigenvalue weighted by atomic mass is 10.5. The molecule has 1 aliphatic heterocycles. The maximum atomic E-state index is 3.78. The highest BCUT2D eigenvalue weighted by molar-refractivity contribution is 5.62. The van der Waals surface area contributed by atoms with Crippen LogP contribution >= 0.6 is 0 Å². The molecule has 0 saturated carbocycles. The molecule has 0 saturated heterocycles. The molecule has 11 heavy (non-hydrogen) atoms. The Kier molecular flexibility index (Phi) is 52.2. The Morgan fingerprint density at radius 1 is 0.909 bits per heavy atom. The summed E-state index contributed by atoms with van der Waals surface area (Å²) < 4.78 is 0.